The summed E-state index contributed by atoms with van der Waals surface area (Å²) in [5.74, 6) is -0.384. The third-order valence-electron chi connectivity index (χ3n) is 3.86. The lowest BCUT2D eigenvalue weighted by Crippen LogP contribution is -2.46. The number of carbonyl (C=O) groups is 1. The molecular weight excluding hydrogens is 292 g/mol. The fourth-order valence-electron chi connectivity index (χ4n) is 2.71. The van der Waals surface area contributed by atoms with Crippen LogP contribution in [0.15, 0.2) is 29.4 Å². The second kappa shape index (κ2) is 6.03. The minimum atomic E-state index is -0.450. The summed E-state index contributed by atoms with van der Waals surface area (Å²) in [6, 6.07) is 7.41. The number of benzene rings is 1. The summed E-state index contributed by atoms with van der Waals surface area (Å²) in [5, 5.41) is 4.60. The van der Waals surface area contributed by atoms with Gasteiger partial charge in [0, 0.05) is 23.7 Å². The minimum Gasteiger partial charge on any atom is -0.386 e. The van der Waals surface area contributed by atoms with Gasteiger partial charge >= 0.3 is 0 Å². The van der Waals surface area contributed by atoms with Crippen molar-refractivity contribution in [3.63, 3.8) is 0 Å². The van der Waals surface area contributed by atoms with Gasteiger partial charge in [-0.1, -0.05) is 35.0 Å². The van der Waals surface area contributed by atoms with Crippen LogP contribution in [0.4, 0.5) is 0 Å². The molecule has 0 aromatic heterocycles. The van der Waals surface area contributed by atoms with E-state index >= 15 is 0 Å². The maximum absolute atomic E-state index is 12.8. The van der Waals surface area contributed by atoms with Gasteiger partial charge in [0.05, 0.1) is 18.9 Å². The predicted molar refractivity (Wildman–Crippen MR) is 79.3 cm³/mol. The van der Waals surface area contributed by atoms with Gasteiger partial charge in [-0.3, -0.25) is 4.79 Å². The Balaban J connectivity index is 1.85. The highest BCUT2D eigenvalue weighted by atomic mass is 35.5. The van der Waals surface area contributed by atoms with Gasteiger partial charge in [-0.25, -0.2) is 0 Å². The molecule has 3 rings (SSSR count). The molecule has 1 amide bonds. The molecule has 1 aromatic rings. The Bertz CT molecular complexity index is 570. The lowest BCUT2D eigenvalue weighted by Gasteiger charge is -2.30. The summed E-state index contributed by atoms with van der Waals surface area (Å²) >= 11 is 6.23. The van der Waals surface area contributed by atoms with Crippen LogP contribution in [0.2, 0.25) is 5.02 Å². The number of halogens is 1. The van der Waals surface area contributed by atoms with E-state index in [2.05, 4.69) is 5.16 Å². The molecule has 0 N–H and O–H groups in total. The molecule has 2 atom stereocenters. The fraction of sp³-hybridized carbons (Fsp3) is 0.467. The molecule has 6 heteroatoms. The Labute approximate surface area is 128 Å². The Hall–Kier alpha value is -1.59. The van der Waals surface area contributed by atoms with E-state index in [0.29, 0.717) is 37.0 Å². The third-order valence-corrected chi connectivity index (χ3v) is 4.21. The van der Waals surface area contributed by atoms with E-state index < -0.39 is 12.0 Å². The number of morpholine rings is 1. The number of ether oxygens (including phenoxy) is 1. The molecule has 1 aromatic carbocycles. The average Bonchev–Trinajstić information content (AvgIpc) is 2.89. The molecule has 2 heterocycles. The van der Waals surface area contributed by atoms with Crippen LogP contribution in [-0.4, -0.2) is 42.8 Å². The quantitative estimate of drug-likeness (QED) is 0.842. The minimum absolute atomic E-state index is 0.0296. The second-order valence-electron chi connectivity index (χ2n) is 5.20. The molecule has 0 unspecified atom stereocenters. The molecule has 2 aliphatic rings. The number of hydrogen-bond donors (Lipinski definition) is 0. The topological polar surface area (TPSA) is 51.1 Å². The van der Waals surface area contributed by atoms with Crippen LogP contribution < -0.4 is 0 Å². The average molecular weight is 309 g/mol. The normalized spacial score (nSPS) is 25.4. The highest BCUT2D eigenvalue weighted by molar-refractivity contribution is 6.31. The highest BCUT2D eigenvalue weighted by Gasteiger charge is 2.41. The SMILES string of the molecule is CC1=NO[C@@H](c2ccccc2Cl)[C@H]1C(=O)N1CCOCC1. The van der Waals surface area contributed by atoms with Crippen LogP contribution in [0.25, 0.3) is 0 Å². The van der Waals surface area contributed by atoms with E-state index in [1.54, 1.807) is 6.07 Å². The Kier molecular flexibility index (Phi) is 4.12. The van der Waals surface area contributed by atoms with Crippen molar-refractivity contribution in [2.45, 2.75) is 13.0 Å². The summed E-state index contributed by atoms with van der Waals surface area (Å²) in [5.41, 5.74) is 1.49. The summed E-state index contributed by atoms with van der Waals surface area (Å²) in [6.07, 6.45) is -0.450. The maximum Gasteiger partial charge on any atom is 0.235 e. The zero-order chi connectivity index (χ0) is 14.8. The van der Waals surface area contributed by atoms with Crippen molar-refractivity contribution in [2.75, 3.05) is 26.3 Å². The van der Waals surface area contributed by atoms with E-state index in [0.717, 1.165) is 5.56 Å². The molecule has 2 aliphatic heterocycles. The van der Waals surface area contributed by atoms with Gasteiger partial charge in [0.2, 0.25) is 5.91 Å². The predicted octanol–water partition coefficient (Wildman–Crippen LogP) is 2.26. The number of oxime groups is 1. The van der Waals surface area contributed by atoms with Crippen molar-refractivity contribution < 1.29 is 14.4 Å². The van der Waals surface area contributed by atoms with Crippen molar-refractivity contribution >= 4 is 23.2 Å². The summed E-state index contributed by atoms with van der Waals surface area (Å²) < 4.78 is 5.29. The smallest absolute Gasteiger partial charge is 0.235 e. The number of carbonyl (C=O) groups excluding carboxylic acids is 1. The van der Waals surface area contributed by atoms with E-state index in [4.69, 9.17) is 21.2 Å². The van der Waals surface area contributed by atoms with E-state index in [1.165, 1.54) is 0 Å². The first-order valence-corrected chi connectivity index (χ1v) is 7.37. The van der Waals surface area contributed by atoms with Gasteiger partial charge in [0.1, 0.15) is 5.92 Å². The molecule has 1 fully saturated rings. The first-order valence-electron chi connectivity index (χ1n) is 7.00. The lowest BCUT2D eigenvalue weighted by atomic mass is 9.91. The van der Waals surface area contributed by atoms with Gasteiger partial charge in [-0.2, -0.15) is 0 Å². The van der Waals surface area contributed by atoms with Crippen LogP contribution in [0.5, 0.6) is 0 Å². The number of rotatable bonds is 2. The molecule has 0 bridgehead atoms. The Morgan fingerprint density at radius 2 is 2.05 bits per heavy atom. The number of amides is 1. The van der Waals surface area contributed by atoms with Crippen LogP contribution in [0, 0.1) is 5.92 Å². The molecular formula is C15H17ClN2O3. The summed E-state index contributed by atoms with van der Waals surface area (Å²) in [7, 11) is 0. The molecule has 0 aliphatic carbocycles. The van der Waals surface area contributed by atoms with Crippen LogP contribution >= 0.6 is 11.6 Å². The monoisotopic (exact) mass is 308 g/mol. The zero-order valence-electron chi connectivity index (χ0n) is 11.8. The van der Waals surface area contributed by atoms with Crippen molar-refractivity contribution in [1.29, 1.82) is 0 Å². The van der Waals surface area contributed by atoms with Crippen LogP contribution in [-0.2, 0) is 14.4 Å². The van der Waals surface area contributed by atoms with Gasteiger partial charge in [0.25, 0.3) is 0 Å². The lowest BCUT2D eigenvalue weighted by molar-refractivity contribution is -0.140. The van der Waals surface area contributed by atoms with Gasteiger partial charge in [-0.15, -0.1) is 0 Å². The number of hydrogen-bond acceptors (Lipinski definition) is 4. The zero-order valence-corrected chi connectivity index (χ0v) is 12.5. The van der Waals surface area contributed by atoms with Crippen LogP contribution in [0.3, 0.4) is 0 Å². The standard InChI is InChI=1S/C15H17ClN2O3/c1-10-13(15(19)18-6-8-20-9-7-18)14(21-17-10)11-4-2-3-5-12(11)16/h2-5,13-14H,6-9H2,1H3/t13-,14-/m0/s1. The molecule has 0 radical (unpaired) electrons. The van der Waals surface area contributed by atoms with Gasteiger partial charge in [0.15, 0.2) is 6.10 Å². The number of nitrogens with zero attached hydrogens (tertiary/aromatic N) is 2. The van der Waals surface area contributed by atoms with E-state index in [-0.39, 0.29) is 5.91 Å². The Morgan fingerprint density at radius 1 is 1.33 bits per heavy atom. The van der Waals surface area contributed by atoms with Crippen LogP contribution in [0.1, 0.15) is 18.6 Å². The molecule has 0 spiro atoms. The highest BCUT2D eigenvalue weighted by Crippen LogP contribution is 2.37. The van der Waals surface area contributed by atoms with E-state index in [1.807, 2.05) is 30.0 Å². The molecule has 1 saturated heterocycles. The third kappa shape index (κ3) is 2.76. The first kappa shape index (κ1) is 14.4. The van der Waals surface area contributed by atoms with Crippen molar-refractivity contribution in [2.24, 2.45) is 11.1 Å². The maximum atomic E-state index is 12.8. The van der Waals surface area contributed by atoms with Crippen molar-refractivity contribution in [3.8, 4) is 0 Å². The molecule has 21 heavy (non-hydrogen) atoms. The molecule has 5 nitrogen and oxygen atoms in total. The summed E-state index contributed by atoms with van der Waals surface area (Å²) in [4.78, 5) is 20.1. The molecule has 112 valence electrons. The fourth-order valence-corrected chi connectivity index (χ4v) is 2.95. The van der Waals surface area contributed by atoms with E-state index in [9.17, 15) is 4.79 Å². The first-order chi connectivity index (χ1) is 10.2. The van der Waals surface area contributed by atoms with Crippen molar-refractivity contribution in [3.05, 3.63) is 34.9 Å². The Morgan fingerprint density at radius 3 is 2.76 bits per heavy atom. The van der Waals surface area contributed by atoms with Gasteiger partial charge in [-0.05, 0) is 13.0 Å². The molecule has 0 saturated carbocycles. The second-order valence-corrected chi connectivity index (χ2v) is 5.60. The van der Waals surface area contributed by atoms with Crippen molar-refractivity contribution in [1.82, 2.24) is 4.90 Å². The largest absolute Gasteiger partial charge is 0.386 e. The van der Waals surface area contributed by atoms with Gasteiger partial charge < -0.3 is 14.5 Å². The summed E-state index contributed by atoms with van der Waals surface area (Å²) in [6.45, 7) is 4.19.